The first-order valence-electron chi connectivity index (χ1n) is 6.91. The van der Waals surface area contributed by atoms with Gasteiger partial charge in [0.1, 0.15) is 0 Å². The van der Waals surface area contributed by atoms with Crippen LogP contribution in [0, 0.1) is 0 Å². The minimum Gasteiger partial charge on any atom is -0.399 e. The van der Waals surface area contributed by atoms with Crippen molar-refractivity contribution in [3.05, 3.63) is 24.3 Å². The quantitative estimate of drug-likeness (QED) is 0.802. The molecule has 7 heteroatoms. The maximum Gasteiger partial charge on any atom is 0.241 e. The topological polar surface area (TPSA) is 92.5 Å². The van der Waals surface area contributed by atoms with E-state index in [2.05, 4.69) is 5.32 Å². The van der Waals surface area contributed by atoms with Gasteiger partial charge in [-0.05, 0) is 32.0 Å². The van der Waals surface area contributed by atoms with Crippen LogP contribution < -0.4 is 11.1 Å². The third kappa shape index (κ3) is 3.95. The molecule has 1 aliphatic heterocycles. The van der Waals surface area contributed by atoms with Crippen molar-refractivity contribution in [2.45, 2.75) is 25.9 Å². The van der Waals surface area contributed by atoms with E-state index in [0.717, 1.165) is 0 Å². The first kappa shape index (κ1) is 15.8. The molecule has 1 aromatic rings. The molecule has 0 aromatic heterocycles. The molecule has 21 heavy (non-hydrogen) atoms. The van der Waals surface area contributed by atoms with Crippen LogP contribution in [-0.2, 0) is 14.6 Å². The van der Waals surface area contributed by atoms with Gasteiger partial charge in [-0.25, -0.2) is 8.42 Å². The molecule has 116 valence electrons. The van der Waals surface area contributed by atoms with Gasteiger partial charge >= 0.3 is 0 Å². The Kier molecular flexibility index (Phi) is 4.53. The molecule has 1 amide bonds. The van der Waals surface area contributed by atoms with E-state index in [1.165, 1.54) is 0 Å². The van der Waals surface area contributed by atoms with Gasteiger partial charge in [0, 0.05) is 24.0 Å². The molecule has 1 fully saturated rings. The Morgan fingerprint density at radius 3 is 2.81 bits per heavy atom. The average molecular weight is 311 g/mol. The van der Waals surface area contributed by atoms with Gasteiger partial charge in [0.05, 0.1) is 17.5 Å². The van der Waals surface area contributed by atoms with Crippen LogP contribution in [0.4, 0.5) is 11.4 Å². The fourth-order valence-corrected chi connectivity index (χ4v) is 4.18. The highest BCUT2D eigenvalue weighted by Crippen LogP contribution is 2.17. The molecule has 1 aromatic carbocycles. The number of carbonyl (C=O) groups excluding carboxylic acids is 1. The molecule has 0 spiro atoms. The molecule has 0 saturated carbocycles. The van der Waals surface area contributed by atoms with E-state index in [1.807, 2.05) is 11.8 Å². The molecule has 0 bridgehead atoms. The molecule has 6 nitrogen and oxygen atoms in total. The molecule has 1 saturated heterocycles. The van der Waals surface area contributed by atoms with Crippen molar-refractivity contribution in [1.82, 2.24) is 4.90 Å². The van der Waals surface area contributed by atoms with Crippen molar-refractivity contribution in [2.24, 2.45) is 0 Å². The van der Waals surface area contributed by atoms with Crippen molar-refractivity contribution in [3.63, 3.8) is 0 Å². The van der Waals surface area contributed by atoms with Crippen molar-refractivity contribution >= 4 is 27.1 Å². The minimum atomic E-state index is -2.98. The zero-order valence-electron chi connectivity index (χ0n) is 12.2. The molecule has 2 unspecified atom stereocenters. The first-order valence-corrected chi connectivity index (χ1v) is 8.73. The lowest BCUT2D eigenvalue weighted by Crippen LogP contribution is -2.54. The number of carbonyl (C=O) groups is 1. The number of nitrogens with one attached hydrogen (secondary N) is 1. The Morgan fingerprint density at radius 1 is 1.48 bits per heavy atom. The minimum absolute atomic E-state index is 0.100. The second-order valence-electron chi connectivity index (χ2n) is 5.49. The lowest BCUT2D eigenvalue weighted by Gasteiger charge is -2.36. The summed E-state index contributed by atoms with van der Waals surface area (Å²) < 4.78 is 23.2. The zero-order valence-corrected chi connectivity index (χ0v) is 13.1. The van der Waals surface area contributed by atoms with Gasteiger partial charge < -0.3 is 11.1 Å². The number of rotatable bonds is 3. The Bertz CT molecular complexity index is 630. The number of benzene rings is 1. The van der Waals surface area contributed by atoms with Gasteiger partial charge in [-0.2, -0.15) is 0 Å². The van der Waals surface area contributed by atoms with Crippen molar-refractivity contribution in [3.8, 4) is 0 Å². The Hall–Kier alpha value is -1.60. The fourth-order valence-electron chi connectivity index (χ4n) is 2.60. The molecule has 0 aliphatic carbocycles. The van der Waals surface area contributed by atoms with Crippen LogP contribution >= 0.6 is 0 Å². The van der Waals surface area contributed by atoms with E-state index in [9.17, 15) is 13.2 Å². The number of hydrogen-bond donors (Lipinski definition) is 2. The highest BCUT2D eigenvalue weighted by Gasteiger charge is 2.33. The molecule has 2 atom stereocenters. The standard InChI is InChI=1S/C14H21N3O3S/c1-10-9-21(19,20)7-6-17(10)11(2)14(18)16-13-5-3-4-12(15)8-13/h3-5,8,10-11H,6-7,9,15H2,1-2H3,(H,16,18). The Balaban J connectivity index is 2.02. The van der Waals surface area contributed by atoms with E-state index in [-0.39, 0.29) is 23.5 Å². The van der Waals surface area contributed by atoms with E-state index in [1.54, 1.807) is 31.2 Å². The number of hydrogen-bond acceptors (Lipinski definition) is 5. The SMILES string of the molecule is CC1CS(=O)(=O)CCN1C(C)C(=O)Nc1cccc(N)c1. The van der Waals surface area contributed by atoms with Crippen LogP contribution in [0.25, 0.3) is 0 Å². The highest BCUT2D eigenvalue weighted by molar-refractivity contribution is 7.91. The molecule has 3 N–H and O–H groups in total. The predicted octanol–water partition coefficient (Wildman–Crippen LogP) is 0.715. The average Bonchev–Trinajstić information content (AvgIpc) is 2.37. The third-order valence-corrected chi connectivity index (χ3v) is 5.55. The number of anilines is 2. The lowest BCUT2D eigenvalue weighted by atomic mass is 10.2. The summed E-state index contributed by atoms with van der Waals surface area (Å²) in [6, 6.07) is 6.42. The van der Waals surface area contributed by atoms with Gasteiger partial charge in [0.15, 0.2) is 9.84 Å². The summed E-state index contributed by atoms with van der Waals surface area (Å²) >= 11 is 0. The second kappa shape index (κ2) is 6.03. The third-order valence-electron chi connectivity index (χ3n) is 3.75. The largest absolute Gasteiger partial charge is 0.399 e. The maximum atomic E-state index is 12.3. The van der Waals surface area contributed by atoms with Gasteiger partial charge in [-0.1, -0.05) is 6.07 Å². The van der Waals surface area contributed by atoms with Gasteiger partial charge in [-0.15, -0.1) is 0 Å². The molecule has 2 rings (SSSR count). The van der Waals surface area contributed by atoms with Gasteiger partial charge in [0.2, 0.25) is 5.91 Å². The van der Waals surface area contributed by atoms with E-state index >= 15 is 0 Å². The number of nitrogens with two attached hydrogens (primary N) is 1. The van der Waals surface area contributed by atoms with Crippen molar-refractivity contribution < 1.29 is 13.2 Å². The first-order chi connectivity index (χ1) is 9.78. The molecule has 1 heterocycles. The fraction of sp³-hybridized carbons (Fsp3) is 0.500. The summed E-state index contributed by atoms with van der Waals surface area (Å²) in [6.45, 7) is 4.01. The summed E-state index contributed by atoms with van der Waals surface area (Å²) in [4.78, 5) is 14.2. The summed E-state index contributed by atoms with van der Waals surface area (Å²) in [5, 5.41) is 2.81. The Labute approximate surface area is 125 Å². The molecule has 0 radical (unpaired) electrons. The summed E-state index contributed by atoms with van der Waals surface area (Å²) in [5.41, 5.74) is 6.90. The number of nitrogens with zero attached hydrogens (tertiary/aromatic N) is 1. The van der Waals surface area contributed by atoms with E-state index in [0.29, 0.717) is 17.9 Å². The van der Waals surface area contributed by atoms with Crippen LogP contribution in [0.3, 0.4) is 0 Å². The number of sulfone groups is 1. The second-order valence-corrected chi connectivity index (χ2v) is 7.72. The predicted molar refractivity (Wildman–Crippen MR) is 83.8 cm³/mol. The van der Waals surface area contributed by atoms with E-state index in [4.69, 9.17) is 5.73 Å². The molecular formula is C14H21N3O3S. The van der Waals surface area contributed by atoms with E-state index < -0.39 is 15.9 Å². The van der Waals surface area contributed by atoms with Crippen molar-refractivity contribution in [2.75, 3.05) is 29.1 Å². The smallest absolute Gasteiger partial charge is 0.241 e. The maximum absolute atomic E-state index is 12.3. The summed E-state index contributed by atoms with van der Waals surface area (Å²) in [6.07, 6.45) is 0. The van der Waals surface area contributed by atoms with Crippen LogP contribution in [0.15, 0.2) is 24.3 Å². The summed E-state index contributed by atoms with van der Waals surface area (Å²) in [5.74, 6) is 0.0441. The monoisotopic (exact) mass is 311 g/mol. The van der Waals surface area contributed by atoms with Crippen LogP contribution in [0.2, 0.25) is 0 Å². The molecule has 1 aliphatic rings. The highest BCUT2D eigenvalue weighted by atomic mass is 32.2. The Morgan fingerprint density at radius 2 is 2.19 bits per heavy atom. The summed E-state index contributed by atoms with van der Waals surface area (Å²) in [7, 11) is -2.98. The van der Waals surface area contributed by atoms with Crippen LogP contribution in [-0.4, -0.2) is 49.4 Å². The van der Waals surface area contributed by atoms with Crippen LogP contribution in [0.1, 0.15) is 13.8 Å². The molecular weight excluding hydrogens is 290 g/mol. The van der Waals surface area contributed by atoms with Crippen molar-refractivity contribution in [1.29, 1.82) is 0 Å². The number of amides is 1. The number of nitrogen functional groups attached to an aromatic ring is 1. The van der Waals surface area contributed by atoms with Gasteiger partial charge in [-0.3, -0.25) is 9.69 Å². The normalized spacial score (nSPS) is 23.4. The lowest BCUT2D eigenvalue weighted by molar-refractivity contribution is -0.121. The zero-order chi connectivity index (χ0) is 15.6. The van der Waals surface area contributed by atoms with Gasteiger partial charge in [0.25, 0.3) is 0 Å². The van der Waals surface area contributed by atoms with Crippen LogP contribution in [0.5, 0.6) is 0 Å².